The quantitative estimate of drug-likeness (QED) is 0.872. The van der Waals surface area contributed by atoms with Crippen molar-refractivity contribution in [3.8, 4) is 0 Å². The summed E-state index contributed by atoms with van der Waals surface area (Å²) in [4.78, 5) is 0. The van der Waals surface area contributed by atoms with Gasteiger partial charge < -0.3 is 5.11 Å². The highest BCUT2D eigenvalue weighted by atomic mass is 79.9. The lowest BCUT2D eigenvalue weighted by atomic mass is 10.0. The maximum Gasteiger partial charge on any atom is 0.0930 e. The summed E-state index contributed by atoms with van der Waals surface area (Å²) in [6, 6.07) is 5.63. The molecule has 2 rings (SSSR count). The van der Waals surface area contributed by atoms with Crippen molar-refractivity contribution in [3.05, 3.63) is 33.3 Å². The number of halogens is 2. The van der Waals surface area contributed by atoms with E-state index >= 15 is 0 Å². The first-order valence-corrected chi connectivity index (χ1v) is 5.92. The average Bonchev–Trinajstić information content (AvgIpc) is 2.77. The topological polar surface area (TPSA) is 20.2 Å². The lowest BCUT2D eigenvalue weighted by Crippen LogP contribution is -2.08. The molecule has 1 aliphatic rings. The summed E-state index contributed by atoms with van der Waals surface area (Å²) in [6.07, 6.45) is 1.87. The summed E-state index contributed by atoms with van der Waals surface area (Å²) in [5.41, 5.74) is 0.311. The molecule has 0 saturated heterocycles. The van der Waals surface area contributed by atoms with Gasteiger partial charge in [-0.25, -0.2) is 0 Å². The smallest absolute Gasteiger partial charge is 0.0930 e. The van der Waals surface area contributed by atoms with Crippen molar-refractivity contribution in [1.29, 1.82) is 0 Å². The summed E-state index contributed by atoms with van der Waals surface area (Å²) in [5.74, 6) is 0.396. The van der Waals surface area contributed by atoms with Gasteiger partial charge in [0.2, 0.25) is 0 Å². The molecule has 14 heavy (non-hydrogen) atoms. The Morgan fingerprint density at radius 2 is 2.29 bits per heavy atom. The standard InChI is InChI=1S/C11H12BrClO/c1-2-7-6-11(7,14)8-3-9(12)5-10(13)4-8/h3-5,7,14H,2,6H2,1H3. The fraction of sp³-hybridized carbons (Fsp3) is 0.455. The molecule has 1 aromatic carbocycles. The van der Waals surface area contributed by atoms with Gasteiger partial charge in [0, 0.05) is 9.50 Å². The minimum atomic E-state index is -0.623. The highest BCUT2D eigenvalue weighted by molar-refractivity contribution is 9.10. The van der Waals surface area contributed by atoms with Crippen molar-refractivity contribution < 1.29 is 5.11 Å². The molecule has 1 saturated carbocycles. The van der Waals surface area contributed by atoms with Crippen LogP contribution in [0, 0.1) is 5.92 Å². The largest absolute Gasteiger partial charge is 0.385 e. The normalized spacial score (nSPS) is 30.4. The summed E-state index contributed by atoms with van der Waals surface area (Å²) < 4.78 is 0.926. The lowest BCUT2D eigenvalue weighted by molar-refractivity contribution is 0.130. The van der Waals surface area contributed by atoms with E-state index in [1.54, 1.807) is 0 Å². The molecule has 2 atom stereocenters. The van der Waals surface area contributed by atoms with Crippen LogP contribution in [0.25, 0.3) is 0 Å². The molecule has 0 bridgehead atoms. The van der Waals surface area contributed by atoms with E-state index < -0.39 is 5.60 Å². The zero-order valence-corrected chi connectivity index (χ0v) is 10.3. The predicted molar refractivity (Wildman–Crippen MR) is 61.4 cm³/mol. The van der Waals surface area contributed by atoms with Crippen molar-refractivity contribution in [2.75, 3.05) is 0 Å². The van der Waals surface area contributed by atoms with Crippen LogP contribution in [0.5, 0.6) is 0 Å². The molecule has 0 amide bonds. The second kappa shape index (κ2) is 3.51. The van der Waals surface area contributed by atoms with Gasteiger partial charge in [-0.2, -0.15) is 0 Å². The Balaban J connectivity index is 2.34. The molecule has 0 spiro atoms. The lowest BCUT2D eigenvalue weighted by Gasteiger charge is -2.11. The van der Waals surface area contributed by atoms with E-state index in [0.717, 1.165) is 22.9 Å². The van der Waals surface area contributed by atoms with Gasteiger partial charge in [-0.1, -0.05) is 40.9 Å². The first kappa shape index (κ1) is 10.5. The van der Waals surface area contributed by atoms with Crippen LogP contribution >= 0.6 is 27.5 Å². The summed E-state index contributed by atoms with van der Waals surface area (Å²) in [5, 5.41) is 10.9. The summed E-state index contributed by atoms with van der Waals surface area (Å²) in [7, 11) is 0. The Bertz CT molecular complexity index is 346. The average molecular weight is 276 g/mol. The second-order valence-corrected chi connectivity index (χ2v) is 5.24. The predicted octanol–water partition coefficient (Wildman–Crippen LogP) is 3.72. The van der Waals surface area contributed by atoms with Crippen LogP contribution in [0.15, 0.2) is 22.7 Å². The van der Waals surface area contributed by atoms with Crippen molar-refractivity contribution in [2.45, 2.75) is 25.4 Å². The van der Waals surface area contributed by atoms with Gasteiger partial charge >= 0.3 is 0 Å². The molecule has 0 aliphatic heterocycles. The molecule has 0 radical (unpaired) electrons. The Kier molecular flexibility index (Phi) is 2.63. The van der Waals surface area contributed by atoms with E-state index in [-0.39, 0.29) is 0 Å². The molecule has 1 aromatic rings. The Labute approximate surface area is 97.2 Å². The van der Waals surface area contributed by atoms with Gasteiger partial charge in [0.15, 0.2) is 0 Å². The first-order chi connectivity index (χ1) is 6.56. The molecule has 3 heteroatoms. The van der Waals surface area contributed by atoms with Crippen LogP contribution in [0.4, 0.5) is 0 Å². The molecule has 0 heterocycles. The van der Waals surface area contributed by atoms with Gasteiger partial charge in [-0.3, -0.25) is 0 Å². The van der Waals surface area contributed by atoms with Crippen LogP contribution in [-0.4, -0.2) is 5.11 Å². The van der Waals surface area contributed by atoms with Gasteiger partial charge in [-0.15, -0.1) is 0 Å². The van der Waals surface area contributed by atoms with E-state index in [0.29, 0.717) is 10.9 Å². The monoisotopic (exact) mass is 274 g/mol. The molecular weight excluding hydrogens is 263 g/mol. The van der Waals surface area contributed by atoms with Crippen molar-refractivity contribution >= 4 is 27.5 Å². The Hall–Kier alpha value is -0.0500. The third kappa shape index (κ3) is 1.71. The maximum absolute atomic E-state index is 10.2. The summed E-state index contributed by atoms with van der Waals surface area (Å²) in [6.45, 7) is 2.10. The minimum Gasteiger partial charge on any atom is -0.385 e. The third-order valence-corrected chi connectivity index (χ3v) is 3.60. The van der Waals surface area contributed by atoms with Gasteiger partial charge in [0.25, 0.3) is 0 Å². The highest BCUT2D eigenvalue weighted by Gasteiger charge is 2.52. The van der Waals surface area contributed by atoms with Crippen LogP contribution < -0.4 is 0 Å². The summed E-state index contributed by atoms with van der Waals surface area (Å²) >= 11 is 9.31. The second-order valence-electron chi connectivity index (χ2n) is 3.89. The maximum atomic E-state index is 10.2. The van der Waals surface area contributed by atoms with E-state index in [1.165, 1.54) is 0 Å². The molecule has 1 nitrogen and oxygen atoms in total. The Morgan fingerprint density at radius 3 is 2.79 bits per heavy atom. The van der Waals surface area contributed by atoms with E-state index in [1.807, 2.05) is 18.2 Å². The molecule has 76 valence electrons. The van der Waals surface area contributed by atoms with Crippen LogP contribution in [0.2, 0.25) is 5.02 Å². The number of benzene rings is 1. The number of hydrogen-bond acceptors (Lipinski definition) is 1. The van der Waals surface area contributed by atoms with E-state index in [4.69, 9.17) is 11.6 Å². The van der Waals surface area contributed by atoms with Gasteiger partial charge in [0.05, 0.1) is 5.60 Å². The van der Waals surface area contributed by atoms with Crippen LogP contribution in [0.3, 0.4) is 0 Å². The minimum absolute atomic E-state index is 0.396. The van der Waals surface area contributed by atoms with Crippen LogP contribution in [0.1, 0.15) is 25.3 Å². The van der Waals surface area contributed by atoms with Crippen LogP contribution in [-0.2, 0) is 5.60 Å². The number of rotatable bonds is 2. The highest BCUT2D eigenvalue weighted by Crippen LogP contribution is 2.54. The molecule has 1 N–H and O–H groups in total. The zero-order valence-electron chi connectivity index (χ0n) is 7.93. The Morgan fingerprint density at radius 1 is 1.57 bits per heavy atom. The SMILES string of the molecule is CCC1CC1(O)c1cc(Cl)cc(Br)c1. The molecule has 1 aliphatic carbocycles. The van der Waals surface area contributed by atoms with E-state index in [2.05, 4.69) is 22.9 Å². The van der Waals surface area contributed by atoms with Gasteiger partial charge in [0.1, 0.15) is 0 Å². The molecule has 2 unspecified atom stereocenters. The van der Waals surface area contributed by atoms with Crippen molar-refractivity contribution in [1.82, 2.24) is 0 Å². The molecule has 0 aromatic heterocycles. The van der Waals surface area contributed by atoms with Gasteiger partial charge in [-0.05, 0) is 36.1 Å². The van der Waals surface area contributed by atoms with E-state index in [9.17, 15) is 5.11 Å². The first-order valence-electron chi connectivity index (χ1n) is 4.75. The van der Waals surface area contributed by atoms with Crippen molar-refractivity contribution in [3.63, 3.8) is 0 Å². The molecule has 1 fully saturated rings. The molecular formula is C11H12BrClO. The fourth-order valence-electron chi connectivity index (χ4n) is 1.96. The third-order valence-electron chi connectivity index (χ3n) is 2.93. The number of hydrogen-bond donors (Lipinski definition) is 1. The number of aliphatic hydroxyl groups is 1. The zero-order chi connectivity index (χ0) is 10.3. The fourth-order valence-corrected chi connectivity index (χ4v) is 2.82. The van der Waals surface area contributed by atoms with Crippen molar-refractivity contribution in [2.24, 2.45) is 5.92 Å².